The zero-order valence-corrected chi connectivity index (χ0v) is 27.0. The van der Waals surface area contributed by atoms with Gasteiger partial charge < -0.3 is 39.1 Å². The monoisotopic (exact) mass is 608 g/mol. The van der Waals surface area contributed by atoms with Crippen LogP contribution in [0.3, 0.4) is 0 Å². The summed E-state index contributed by atoms with van der Waals surface area (Å²) in [7, 11) is 1.70. The molecule has 1 aromatic carbocycles. The molecule has 0 saturated carbocycles. The third-order valence-electron chi connectivity index (χ3n) is 7.35. The quantitative estimate of drug-likeness (QED) is 0.134. The van der Waals surface area contributed by atoms with Crippen LogP contribution in [-0.4, -0.2) is 71.2 Å². The van der Waals surface area contributed by atoms with Crippen LogP contribution in [0.15, 0.2) is 47.6 Å². The number of hydrogen-bond acceptors (Lipinski definition) is 7. The Morgan fingerprint density at radius 1 is 1.13 bits per heavy atom. The molecule has 0 atom stereocenters. The topological polar surface area (TPSA) is 122 Å². The van der Waals surface area contributed by atoms with Gasteiger partial charge in [0.25, 0.3) is 11.8 Å². The Labute approximate surface area is 279 Å². The molecule has 0 saturated heterocycles. The van der Waals surface area contributed by atoms with E-state index in [1.54, 1.807) is 7.11 Å². The summed E-state index contributed by atoms with van der Waals surface area (Å²) in [6.07, 6.45) is 12.1. The summed E-state index contributed by atoms with van der Waals surface area (Å²) in [5.41, 5.74) is 8.20. The molecule has 0 radical (unpaired) electrons. The number of aliphatic imine (C=N–C) groups is 1. The van der Waals surface area contributed by atoms with Crippen molar-refractivity contribution >= 4 is 35.5 Å². The van der Waals surface area contributed by atoms with Crippen molar-refractivity contribution in [2.75, 3.05) is 33.3 Å². The van der Waals surface area contributed by atoms with Gasteiger partial charge in [-0.2, -0.15) is 18.6 Å². The molecule has 4 rings (SSSR count). The number of nitrogens with one attached hydrogen (secondary N) is 1. The smallest absolute Gasteiger partial charge is 0.509 e. The molecule has 0 fully saturated rings. The fraction of sp³-hybridized carbons (Fsp3) is 0.382. The molecule has 0 bridgehead atoms. The SMILES string of the molecule is [CH2-]CN(C[CH2-])C(=O)CCN1C(=O)C=CC1=O.[CH2-]c1ccc(Cn2ccc3/c2=C(NCCCCC)\N=C(\N)CC\C=3)c(OC)c1.[Li+]. The second-order valence-electron chi connectivity index (χ2n) is 10.5. The van der Waals surface area contributed by atoms with Crippen LogP contribution >= 0.6 is 0 Å². The number of aromatic nitrogens is 1. The van der Waals surface area contributed by atoms with Gasteiger partial charge in [-0.25, -0.2) is 4.99 Å². The van der Waals surface area contributed by atoms with Crippen molar-refractivity contribution in [1.82, 2.24) is 19.7 Å². The number of amidine groups is 1. The number of fused-ring (bicyclic) bond motifs is 1. The van der Waals surface area contributed by atoms with E-state index in [1.807, 2.05) is 12.1 Å². The van der Waals surface area contributed by atoms with E-state index in [4.69, 9.17) is 15.5 Å². The summed E-state index contributed by atoms with van der Waals surface area (Å²) >= 11 is 0. The minimum absolute atomic E-state index is 0. The molecule has 45 heavy (non-hydrogen) atoms. The number of carbonyl (C=O) groups excluding carboxylic acids is 3. The van der Waals surface area contributed by atoms with Crippen molar-refractivity contribution in [2.45, 2.75) is 52.0 Å². The van der Waals surface area contributed by atoms with Crippen LogP contribution in [-0.2, 0) is 20.9 Å². The number of ether oxygens (including phenoxy) is 1. The second-order valence-corrected chi connectivity index (χ2v) is 10.5. The molecule has 0 spiro atoms. The number of unbranched alkanes of at least 4 members (excludes halogenated alkanes) is 2. The molecular formula is C34H45LiN6O4-2. The first-order valence-electron chi connectivity index (χ1n) is 15.1. The van der Waals surface area contributed by atoms with Crippen LogP contribution in [0.5, 0.6) is 5.75 Å². The largest absolute Gasteiger partial charge is 1.00 e. The van der Waals surface area contributed by atoms with Gasteiger partial charge in [0.2, 0.25) is 5.91 Å². The van der Waals surface area contributed by atoms with Crippen molar-refractivity contribution in [2.24, 2.45) is 10.7 Å². The van der Waals surface area contributed by atoms with Gasteiger partial charge in [0.1, 0.15) is 5.84 Å². The minimum atomic E-state index is -0.367. The molecule has 238 valence electrons. The van der Waals surface area contributed by atoms with Crippen LogP contribution < -0.4 is 45.2 Å². The van der Waals surface area contributed by atoms with Crippen LogP contribution in [0.4, 0.5) is 0 Å². The van der Waals surface area contributed by atoms with E-state index in [0.29, 0.717) is 25.5 Å². The molecule has 1 aromatic heterocycles. The normalized spacial score (nSPS) is 16.9. The molecule has 3 amide bonds. The summed E-state index contributed by atoms with van der Waals surface area (Å²) in [5, 5.41) is 5.81. The van der Waals surface area contributed by atoms with Gasteiger partial charge in [0.05, 0.1) is 18.2 Å². The Morgan fingerprint density at radius 2 is 1.84 bits per heavy atom. The average Bonchev–Trinajstić information content (AvgIpc) is 3.55. The zero-order valence-electron chi connectivity index (χ0n) is 27.0. The average molecular weight is 609 g/mol. The Morgan fingerprint density at radius 3 is 2.49 bits per heavy atom. The summed E-state index contributed by atoms with van der Waals surface area (Å²) in [6.45, 7) is 15.8. The van der Waals surface area contributed by atoms with E-state index in [-0.39, 0.29) is 49.5 Å². The Kier molecular flexibility index (Phi) is 15.6. The first-order valence-corrected chi connectivity index (χ1v) is 15.1. The fourth-order valence-electron chi connectivity index (χ4n) is 4.87. The number of carbonyl (C=O) groups is 3. The number of rotatable bonds is 13. The van der Waals surface area contributed by atoms with Crippen LogP contribution in [0, 0.1) is 20.8 Å². The molecule has 2 aliphatic rings. The van der Waals surface area contributed by atoms with Gasteiger partial charge in [0.15, 0.2) is 5.82 Å². The van der Waals surface area contributed by atoms with Crippen molar-refractivity contribution in [1.29, 1.82) is 0 Å². The summed E-state index contributed by atoms with van der Waals surface area (Å²) in [6, 6.07) is 8.22. The molecule has 2 aliphatic heterocycles. The van der Waals surface area contributed by atoms with Crippen LogP contribution in [0.2, 0.25) is 0 Å². The maximum absolute atomic E-state index is 11.6. The summed E-state index contributed by atoms with van der Waals surface area (Å²) in [4.78, 5) is 41.1. The molecule has 0 aliphatic carbocycles. The third kappa shape index (κ3) is 10.6. The van der Waals surface area contributed by atoms with Gasteiger partial charge >= 0.3 is 18.9 Å². The Hall–Kier alpha value is -3.87. The van der Waals surface area contributed by atoms with Crippen LogP contribution in [0.25, 0.3) is 11.9 Å². The number of imide groups is 1. The molecule has 3 N–H and O–H groups in total. The number of nitrogens with zero attached hydrogens (tertiary/aromatic N) is 4. The predicted molar refractivity (Wildman–Crippen MR) is 174 cm³/mol. The van der Waals surface area contributed by atoms with E-state index < -0.39 is 0 Å². The number of methoxy groups -OCH3 is 1. The fourth-order valence-corrected chi connectivity index (χ4v) is 4.87. The Balaban J connectivity index is 0.000000355. The zero-order chi connectivity index (χ0) is 32.1. The van der Waals surface area contributed by atoms with Gasteiger partial charge in [-0.05, 0) is 29.7 Å². The van der Waals surface area contributed by atoms with E-state index in [1.165, 1.54) is 35.1 Å². The second kappa shape index (κ2) is 18.8. The van der Waals surface area contributed by atoms with Gasteiger partial charge in [-0.15, -0.1) is 25.2 Å². The molecule has 2 aromatic rings. The number of benzene rings is 1. The molecule has 0 unspecified atom stereocenters. The van der Waals surface area contributed by atoms with Crippen molar-refractivity contribution in [3.8, 4) is 5.75 Å². The molecular weight excluding hydrogens is 563 g/mol. The predicted octanol–water partition coefficient (Wildman–Crippen LogP) is -0.694. The van der Waals surface area contributed by atoms with Crippen molar-refractivity contribution in [3.05, 3.63) is 85.1 Å². The van der Waals surface area contributed by atoms with E-state index in [2.05, 4.69) is 62.0 Å². The number of hydrogen-bond donors (Lipinski definition) is 2. The summed E-state index contributed by atoms with van der Waals surface area (Å²) in [5.74, 6) is 1.49. The van der Waals surface area contributed by atoms with E-state index in [9.17, 15) is 14.4 Å². The maximum Gasteiger partial charge on any atom is 1.00 e. The summed E-state index contributed by atoms with van der Waals surface area (Å²) < 4.78 is 7.79. The van der Waals surface area contributed by atoms with Gasteiger partial charge in [0, 0.05) is 50.8 Å². The van der Waals surface area contributed by atoms with Crippen LogP contribution in [0.1, 0.15) is 56.6 Å². The standard InChI is InChI=1S/C23H31N4O.C11H14N2O3.Li/c1-4-5-6-13-25-23-22-18(8-7-9-21(24)26-23)12-14-27(22)16-19-11-10-17(2)15-20(19)28-3;1-3-12(4-2)9(14)7-8-13-10(15)5-6-11(13)16;/h8,10-12,14-15,25H,2,4-7,9,13,16H2,1,3H3,(H2,24,26);5-6H,1-4,7-8H2;/q-1;-2;+1/b18-8-,23-22+;;. The van der Waals surface area contributed by atoms with E-state index in [0.717, 1.165) is 58.8 Å². The third-order valence-corrected chi connectivity index (χ3v) is 7.35. The first kappa shape index (κ1) is 37.3. The Bertz CT molecular complexity index is 1470. The minimum Gasteiger partial charge on any atom is -0.509 e. The maximum atomic E-state index is 11.6. The molecule has 3 heterocycles. The first-order chi connectivity index (χ1) is 21.2. The van der Waals surface area contributed by atoms with E-state index >= 15 is 0 Å². The van der Waals surface area contributed by atoms with Gasteiger partial charge in [-0.1, -0.05) is 25.8 Å². The molecule has 11 heteroatoms. The molecule has 10 nitrogen and oxygen atoms in total. The van der Waals surface area contributed by atoms with Gasteiger partial charge in [-0.3, -0.25) is 19.3 Å². The van der Waals surface area contributed by atoms with Crippen molar-refractivity contribution < 1.29 is 38.0 Å². The number of amides is 3. The van der Waals surface area contributed by atoms with Crippen molar-refractivity contribution in [3.63, 3.8) is 0 Å². The number of nitrogens with two attached hydrogens (primary N) is 1.